The molecule has 0 saturated heterocycles. The van der Waals surface area contributed by atoms with Crippen LogP contribution in [0.3, 0.4) is 0 Å². The van der Waals surface area contributed by atoms with E-state index in [1.54, 1.807) is 0 Å². The minimum Gasteiger partial charge on any atom is -0.388 e. The lowest BCUT2D eigenvalue weighted by molar-refractivity contribution is 1.11. The van der Waals surface area contributed by atoms with Gasteiger partial charge in [0.15, 0.2) is 0 Å². The molecule has 0 aliphatic heterocycles. The first kappa shape index (κ1) is 10.8. The van der Waals surface area contributed by atoms with E-state index in [-0.39, 0.29) is 0 Å². The van der Waals surface area contributed by atoms with Gasteiger partial charge >= 0.3 is 0 Å². The van der Waals surface area contributed by atoms with Gasteiger partial charge in [0, 0.05) is 12.7 Å². The van der Waals surface area contributed by atoms with Crippen LogP contribution in [-0.4, -0.2) is 7.05 Å². The van der Waals surface area contributed by atoms with E-state index in [0.29, 0.717) is 0 Å². The van der Waals surface area contributed by atoms with Crippen molar-refractivity contribution in [3.8, 4) is 0 Å². The zero-order valence-corrected chi connectivity index (χ0v) is 9.52. The van der Waals surface area contributed by atoms with Crippen LogP contribution in [0.25, 0.3) is 6.08 Å². The summed E-state index contributed by atoms with van der Waals surface area (Å²) < 4.78 is 0. The molecule has 1 N–H and O–H groups in total. The van der Waals surface area contributed by atoms with Gasteiger partial charge in [-0.1, -0.05) is 30.2 Å². The Kier molecular flexibility index (Phi) is 3.75. The van der Waals surface area contributed by atoms with Crippen LogP contribution in [0, 0.1) is 6.92 Å². The third-order valence-electron chi connectivity index (χ3n) is 2.44. The fraction of sp³-hybridized carbons (Fsp3) is 0.385. The highest BCUT2D eigenvalue weighted by molar-refractivity contribution is 5.68. The van der Waals surface area contributed by atoms with Crippen molar-refractivity contribution in [3.05, 3.63) is 34.9 Å². The van der Waals surface area contributed by atoms with Crippen molar-refractivity contribution in [2.24, 2.45) is 0 Å². The summed E-state index contributed by atoms with van der Waals surface area (Å²) in [7, 11) is 1.96. The van der Waals surface area contributed by atoms with Gasteiger partial charge in [0.1, 0.15) is 0 Å². The Labute approximate surface area is 86.8 Å². The Balaban J connectivity index is 3.11. The Morgan fingerprint density at radius 1 is 1.43 bits per heavy atom. The predicted molar refractivity (Wildman–Crippen MR) is 64.7 cm³/mol. The van der Waals surface area contributed by atoms with Crippen molar-refractivity contribution in [2.75, 3.05) is 12.4 Å². The molecule has 0 heterocycles. The molecule has 0 bridgehead atoms. The molecule has 0 aliphatic carbocycles. The van der Waals surface area contributed by atoms with Crippen molar-refractivity contribution in [1.82, 2.24) is 0 Å². The van der Waals surface area contributed by atoms with Gasteiger partial charge in [0.05, 0.1) is 0 Å². The van der Waals surface area contributed by atoms with E-state index in [1.807, 2.05) is 7.05 Å². The van der Waals surface area contributed by atoms with Crippen LogP contribution in [0.15, 0.2) is 23.8 Å². The van der Waals surface area contributed by atoms with Crippen LogP contribution in [0.5, 0.6) is 0 Å². The molecule has 0 fully saturated rings. The molecule has 0 radical (unpaired) electrons. The number of rotatable bonds is 3. The quantitative estimate of drug-likeness (QED) is 0.761. The molecule has 14 heavy (non-hydrogen) atoms. The minimum atomic E-state index is 1.11. The summed E-state index contributed by atoms with van der Waals surface area (Å²) >= 11 is 0. The van der Waals surface area contributed by atoms with Gasteiger partial charge < -0.3 is 5.32 Å². The largest absolute Gasteiger partial charge is 0.388 e. The molecule has 0 spiro atoms. The number of nitrogens with one attached hydrogen (secondary N) is 1. The first-order valence-corrected chi connectivity index (χ1v) is 5.13. The normalized spacial score (nSPS) is 11.6. The summed E-state index contributed by atoms with van der Waals surface area (Å²) in [5.74, 6) is 0. The molecule has 1 aromatic rings. The Morgan fingerprint density at radius 2 is 2.14 bits per heavy atom. The zero-order valence-electron chi connectivity index (χ0n) is 9.52. The van der Waals surface area contributed by atoms with Gasteiger partial charge in [-0.2, -0.15) is 0 Å². The van der Waals surface area contributed by atoms with Gasteiger partial charge in [-0.3, -0.25) is 0 Å². The summed E-state index contributed by atoms with van der Waals surface area (Å²) in [6.45, 7) is 6.47. The standard InChI is InChI=1S/C13H19N/c1-5-10(2)8-12-9-11(3)6-7-13(12)14-4/h6-9,14H,5H2,1-4H3. The molecule has 0 saturated carbocycles. The second-order valence-electron chi connectivity index (χ2n) is 3.68. The van der Waals surface area contributed by atoms with Crippen molar-refractivity contribution in [1.29, 1.82) is 0 Å². The number of anilines is 1. The summed E-state index contributed by atoms with van der Waals surface area (Å²) in [5.41, 5.74) is 5.20. The Bertz CT molecular complexity index is 337. The van der Waals surface area contributed by atoms with Crippen LogP contribution >= 0.6 is 0 Å². The highest BCUT2D eigenvalue weighted by Gasteiger charge is 1.98. The lowest BCUT2D eigenvalue weighted by atomic mass is 10.1. The maximum atomic E-state index is 3.21. The Morgan fingerprint density at radius 3 is 2.71 bits per heavy atom. The number of aryl methyl sites for hydroxylation is 1. The van der Waals surface area contributed by atoms with Crippen LogP contribution in [0.1, 0.15) is 31.4 Å². The second-order valence-corrected chi connectivity index (χ2v) is 3.68. The third kappa shape index (κ3) is 2.63. The van der Waals surface area contributed by atoms with E-state index >= 15 is 0 Å². The van der Waals surface area contributed by atoms with Crippen molar-refractivity contribution < 1.29 is 0 Å². The highest BCUT2D eigenvalue weighted by Crippen LogP contribution is 2.20. The molecule has 1 heteroatoms. The number of hydrogen-bond donors (Lipinski definition) is 1. The minimum absolute atomic E-state index is 1.11. The number of allylic oxidation sites excluding steroid dienone is 1. The van der Waals surface area contributed by atoms with Crippen LogP contribution in [0.2, 0.25) is 0 Å². The molecule has 76 valence electrons. The summed E-state index contributed by atoms with van der Waals surface area (Å²) in [6.07, 6.45) is 3.36. The van der Waals surface area contributed by atoms with Gasteiger partial charge in [-0.25, -0.2) is 0 Å². The van der Waals surface area contributed by atoms with E-state index in [1.165, 1.54) is 22.4 Å². The fourth-order valence-corrected chi connectivity index (χ4v) is 1.40. The summed E-state index contributed by atoms with van der Waals surface area (Å²) in [5, 5.41) is 3.21. The third-order valence-corrected chi connectivity index (χ3v) is 2.44. The monoisotopic (exact) mass is 189 g/mol. The molecule has 1 rings (SSSR count). The van der Waals surface area contributed by atoms with E-state index < -0.39 is 0 Å². The van der Waals surface area contributed by atoms with E-state index in [9.17, 15) is 0 Å². The maximum Gasteiger partial charge on any atom is 0.0411 e. The first-order valence-electron chi connectivity index (χ1n) is 5.13. The second kappa shape index (κ2) is 4.85. The average molecular weight is 189 g/mol. The summed E-state index contributed by atoms with van der Waals surface area (Å²) in [4.78, 5) is 0. The molecule has 0 aromatic heterocycles. The van der Waals surface area contributed by atoms with Gasteiger partial charge in [-0.05, 0) is 38.0 Å². The summed E-state index contributed by atoms with van der Waals surface area (Å²) in [6, 6.07) is 6.47. The highest BCUT2D eigenvalue weighted by atomic mass is 14.8. The average Bonchev–Trinajstić information content (AvgIpc) is 2.18. The number of benzene rings is 1. The lowest BCUT2D eigenvalue weighted by Crippen LogP contribution is -1.92. The molecule has 1 aromatic carbocycles. The molecule has 0 amide bonds. The molecule has 1 nitrogen and oxygen atoms in total. The smallest absolute Gasteiger partial charge is 0.0411 e. The molecule has 0 aliphatic rings. The first-order chi connectivity index (χ1) is 6.67. The lowest BCUT2D eigenvalue weighted by Gasteiger charge is -2.07. The maximum absolute atomic E-state index is 3.21. The zero-order chi connectivity index (χ0) is 10.6. The van der Waals surface area contributed by atoms with Gasteiger partial charge in [0.25, 0.3) is 0 Å². The SMILES string of the molecule is CCC(C)=Cc1cc(C)ccc1NC. The van der Waals surface area contributed by atoms with E-state index in [2.05, 4.69) is 50.4 Å². The Hall–Kier alpha value is -1.24. The number of hydrogen-bond acceptors (Lipinski definition) is 1. The van der Waals surface area contributed by atoms with E-state index in [0.717, 1.165) is 6.42 Å². The molecule has 0 unspecified atom stereocenters. The molecular formula is C13H19N. The fourth-order valence-electron chi connectivity index (χ4n) is 1.40. The van der Waals surface area contributed by atoms with Crippen LogP contribution in [0.4, 0.5) is 5.69 Å². The predicted octanol–water partition coefficient (Wildman–Crippen LogP) is 3.85. The topological polar surface area (TPSA) is 12.0 Å². The molecule has 0 atom stereocenters. The van der Waals surface area contributed by atoms with Crippen molar-refractivity contribution in [2.45, 2.75) is 27.2 Å². The van der Waals surface area contributed by atoms with Gasteiger partial charge in [-0.15, -0.1) is 0 Å². The molecular weight excluding hydrogens is 170 g/mol. The van der Waals surface area contributed by atoms with Crippen LogP contribution in [-0.2, 0) is 0 Å². The van der Waals surface area contributed by atoms with E-state index in [4.69, 9.17) is 0 Å². The van der Waals surface area contributed by atoms with Crippen LogP contribution < -0.4 is 5.32 Å². The van der Waals surface area contributed by atoms with Crippen molar-refractivity contribution >= 4 is 11.8 Å². The van der Waals surface area contributed by atoms with Gasteiger partial charge in [0.2, 0.25) is 0 Å². The van der Waals surface area contributed by atoms with Crippen molar-refractivity contribution in [3.63, 3.8) is 0 Å².